The number of nitrogens with zero attached hydrogens (tertiary/aromatic N) is 2. The van der Waals surface area contributed by atoms with Crippen molar-refractivity contribution in [2.45, 2.75) is 12.5 Å². The number of likely N-dealkylation sites (tertiary alicyclic amines) is 1. The van der Waals surface area contributed by atoms with Crippen LogP contribution < -0.4 is 0 Å². The Bertz CT molecular complexity index is 296. The molecule has 5 heteroatoms. The minimum absolute atomic E-state index is 0.176. The Kier molecular flexibility index (Phi) is 2.02. The zero-order chi connectivity index (χ0) is 9.26. The third-order valence-corrected chi connectivity index (χ3v) is 2.11. The normalized spacial score (nSPS) is 22.2. The smallest absolute Gasteiger partial charge is 0.276 e. The van der Waals surface area contributed by atoms with Crippen molar-refractivity contribution in [1.82, 2.24) is 10.1 Å². The first kappa shape index (κ1) is 8.25. The second kappa shape index (κ2) is 3.18. The van der Waals surface area contributed by atoms with Crippen LogP contribution in [-0.2, 0) is 0 Å². The SMILES string of the molecule is O=C(c1ccon1)N1CCC(O)C1. The zero-order valence-corrected chi connectivity index (χ0v) is 7.01. The van der Waals surface area contributed by atoms with Gasteiger partial charge in [-0.25, -0.2) is 0 Å². The third kappa shape index (κ3) is 1.55. The summed E-state index contributed by atoms with van der Waals surface area (Å²) in [6.45, 7) is 0.985. The average Bonchev–Trinajstić information content (AvgIpc) is 2.72. The lowest BCUT2D eigenvalue weighted by Crippen LogP contribution is -2.29. The number of hydrogen-bond donors (Lipinski definition) is 1. The Morgan fingerprint density at radius 3 is 3.15 bits per heavy atom. The van der Waals surface area contributed by atoms with Crippen LogP contribution in [-0.4, -0.2) is 40.3 Å². The molecule has 2 heterocycles. The van der Waals surface area contributed by atoms with Gasteiger partial charge in [-0.15, -0.1) is 0 Å². The number of aliphatic hydroxyl groups is 1. The topological polar surface area (TPSA) is 66.6 Å². The molecule has 1 N–H and O–H groups in total. The zero-order valence-electron chi connectivity index (χ0n) is 7.01. The fraction of sp³-hybridized carbons (Fsp3) is 0.500. The largest absolute Gasteiger partial charge is 0.391 e. The lowest BCUT2D eigenvalue weighted by molar-refractivity contribution is 0.0755. The summed E-state index contributed by atoms with van der Waals surface area (Å²) in [5.74, 6) is -0.176. The van der Waals surface area contributed by atoms with Crippen LogP contribution in [0.25, 0.3) is 0 Å². The van der Waals surface area contributed by atoms with Crippen molar-refractivity contribution in [3.8, 4) is 0 Å². The molecule has 1 aromatic rings. The summed E-state index contributed by atoms with van der Waals surface area (Å²) in [5, 5.41) is 12.7. The van der Waals surface area contributed by atoms with Gasteiger partial charge in [0.1, 0.15) is 6.26 Å². The van der Waals surface area contributed by atoms with Gasteiger partial charge in [0.15, 0.2) is 5.69 Å². The fourth-order valence-electron chi connectivity index (χ4n) is 1.41. The number of hydrogen-bond acceptors (Lipinski definition) is 4. The van der Waals surface area contributed by atoms with Crippen molar-refractivity contribution in [2.75, 3.05) is 13.1 Å². The number of rotatable bonds is 1. The highest BCUT2D eigenvalue weighted by atomic mass is 16.5. The second-order valence-electron chi connectivity index (χ2n) is 3.08. The summed E-state index contributed by atoms with van der Waals surface area (Å²) < 4.78 is 4.56. The van der Waals surface area contributed by atoms with Crippen LogP contribution in [0.15, 0.2) is 16.9 Å². The first-order valence-corrected chi connectivity index (χ1v) is 4.15. The van der Waals surface area contributed by atoms with E-state index in [1.165, 1.54) is 12.3 Å². The maximum Gasteiger partial charge on any atom is 0.276 e. The van der Waals surface area contributed by atoms with E-state index in [2.05, 4.69) is 9.68 Å². The molecule has 0 aromatic carbocycles. The summed E-state index contributed by atoms with van der Waals surface area (Å²) >= 11 is 0. The summed E-state index contributed by atoms with van der Waals surface area (Å²) in [5.41, 5.74) is 0.300. The van der Waals surface area contributed by atoms with Gasteiger partial charge in [-0.3, -0.25) is 4.79 Å². The minimum atomic E-state index is -0.393. The fourth-order valence-corrected chi connectivity index (χ4v) is 1.41. The summed E-state index contributed by atoms with van der Waals surface area (Å²) in [7, 11) is 0. The van der Waals surface area contributed by atoms with Gasteiger partial charge in [-0.2, -0.15) is 0 Å². The molecule has 0 bridgehead atoms. The van der Waals surface area contributed by atoms with Gasteiger partial charge >= 0.3 is 0 Å². The molecular formula is C8H10N2O3. The van der Waals surface area contributed by atoms with Gasteiger partial charge in [0.05, 0.1) is 6.10 Å². The van der Waals surface area contributed by atoms with Gasteiger partial charge in [0, 0.05) is 19.2 Å². The lowest BCUT2D eigenvalue weighted by atomic mass is 10.3. The Morgan fingerprint density at radius 2 is 2.62 bits per heavy atom. The van der Waals surface area contributed by atoms with E-state index in [-0.39, 0.29) is 5.91 Å². The molecule has 1 unspecified atom stereocenters. The van der Waals surface area contributed by atoms with E-state index >= 15 is 0 Å². The van der Waals surface area contributed by atoms with Crippen molar-refractivity contribution in [1.29, 1.82) is 0 Å². The van der Waals surface area contributed by atoms with Crippen LogP contribution in [0.5, 0.6) is 0 Å². The Labute approximate surface area is 74.9 Å². The second-order valence-corrected chi connectivity index (χ2v) is 3.08. The van der Waals surface area contributed by atoms with E-state index in [4.69, 9.17) is 0 Å². The molecule has 1 aliphatic rings. The molecule has 70 valence electrons. The first-order chi connectivity index (χ1) is 6.27. The Balaban J connectivity index is 2.06. The minimum Gasteiger partial charge on any atom is -0.391 e. The van der Waals surface area contributed by atoms with Crippen molar-refractivity contribution in [3.05, 3.63) is 18.0 Å². The first-order valence-electron chi connectivity index (χ1n) is 4.15. The average molecular weight is 182 g/mol. The lowest BCUT2D eigenvalue weighted by Gasteiger charge is -2.12. The van der Waals surface area contributed by atoms with Crippen molar-refractivity contribution in [3.63, 3.8) is 0 Å². The van der Waals surface area contributed by atoms with E-state index in [0.29, 0.717) is 25.2 Å². The predicted octanol–water partition coefficient (Wildman–Crippen LogP) is -0.119. The third-order valence-electron chi connectivity index (χ3n) is 2.11. The summed E-state index contributed by atoms with van der Waals surface area (Å²) in [6, 6.07) is 1.52. The summed E-state index contributed by atoms with van der Waals surface area (Å²) in [4.78, 5) is 13.1. The van der Waals surface area contributed by atoms with Crippen molar-refractivity contribution >= 4 is 5.91 Å². The van der Waals surface area contributed by atoms with Crippen LogP contribution in [0.4, 0.5) is 0 Å². The monoisotopic (exact) mass is 182 g/mol. The molecule has 2 rings (SSSR count). The quantitative estimate of drug-likeness (QED) is 0.657. The molecule has 1 aliphatic heterocycles. The standard InChI is InChI=1S/C8H10N2O3/c11-6-1-3-10(5-6)8(12)7-2-4-13-9-7/h2,4,6,11H,1,3,5H2. The molecule has 13 heavy (non-hydrogen) atoms. The Morgan fingerprint density at radius 1 is 1.77 bits per heavy atom. The maximum atomic E-state index is 11.5. The molecule has 0 spiro atoms. The molecule has 0 radical (unpaired) electrons. The Hall–Kier alpha value is -1.36. The van der Waals surface area contributed by atoms with Crippen LogP contribution in [0, 0.1) is 0 Å². The molecule has 1 saturated heterocycles. The van der Waals surface area contributed by atoms with Crippen LogP contribution >= 0.6 is 0 Å². The molecule has 1 fully saturated rings. The highest BCUT2D eigenvalue weighted by Crippen LogP contribution is 2.11. The highest BCUT2D eigenvalue weighted by Gasteiger charge is 2.26. The number of aromatic nitrogens is 1. The summed E-state index contributed by atoms with van der Waals surface area (Å²) in [6.07, 6.45) is 1.61. The van der Waals surface area contributed by atoms with E-state index in [0.717, 1.165) is 0 Å². The molecule has 0 aliphatic carbocycles. The molecular weight excluding hydrogens is 172 g/mol. The van der Waals surface area contributed by atoms with Gasteiger partial charge in [0.25, 0.3) is 5.91 Å². The number of carbonyl (C=O) groups excluding carboxylic acids is 1. The van der Waals surface area contributed by atoms with Crippen molar-refractivity contribution in [2.24, 2.45) is 0 Å². The van der Waals surface area contributed by atoms with Gasteiger partial charge in [0.2, 0.25) is 0 Å². The van der Waals surface area contributed by atoms with E-state index in [1.54, 1.807) is 4.90 Å². The number of amides is 1. The molecule has 5 nitrogen and oxygen atoms in total. The number of carbonyl (C=O) groups is 1. The molecule has 0 saturated carbocycles. The van der Waals surface area contributed by atoms with E-state index < -0.39 is 6.10 Å². The van der Waals surface area contributed by atoms with E-state index in [9.17, 15) is 9.90 Å². The van der Waals surface area contributed by atoms with Gasteiger partial charge in [-0.1, -0.05) is 5.16 Å². The van der Waals surface area contributed by atoms with Gasteiger partial charge < -0.3 is 14.5 Å². The van der Waals surface area contributed by atoms with Gasteiger partial charge in [-0.05, 0) is 6.42 Å². The predicted molar refractivity (Wildman–Crippen MR) is 43.0 cm³/mol. The number of β-amino-alcohol motifs (C(OH)–C–C–N with tert-alkyl or cyclic N) is 1. The highest BCUT2D eigenvalue weighted by molar-refractivity contribution is 5.92. The van der Waals surface area contributed by atoms with Crippen LogP contribution in [0.2, 0.25) is 0 Å². The van der Waals surface area contributed by atoms with E-state index in [1.807, 2.05) is 0 Å². The molecule has 1 aromatic heterocycles. The van der Waals surface area contributed by atoms with Crippen LogP contribution in [0.3, 0.4) is 0 Å². The van der Waals surface area contributed by atoms with Crippen molar-refractivity contribution < 1.29 is 14.4 Å². The molecule has 1 amide bonds. The number of aliphatic hydroxyl groups excluding tert-OH is 1. The molecule has 1 atom stereocenters. The van der Waals surface area contributed by atoms with Crippen LogP contribution in [0.1, 0.15) is 16.9 Å². The maximum absolute atomic E-state index is 11.5.